The van der Waals surface area contributed by atoms with Crippen molar-refractivity contribution in [2.75, 3.05) is 33.5 Å². The van der Waals surface area contributed by atoms with E-state index in [9.17, 15) is 4.79 Å². The fourth-order valence-electron chi connectivity index (χ4n) is 2.49. The first kappa shape index (κ1) is 25.7. The molecule has 26 heavy (non-hydrogen) atoms. The van der Waals surface area contributed by atoms with Gasteiger partial charge >= 0.3 is 14.5 Å². The summed E-state index contributed by atoms with van der Waals surface area (Å²) in [6, 6.07) is 0.881. The molecule has 0 saturated carbocycles. The van der Waals surface area contributed by atoms with Gasteiger partial charge in [0.1, 0.15) is 6.61 Å². The molecule has 0 amide bonds. The molecule has 0 heterocycles. The Morgan fingerprint density at radius 1 is 0.885 bits per heavy atom. The van der Waals surface area contributed by atoms with E-state index in [4.69, 9.17) is 22.4 Å². The van der Waals surface area contributed by atoms with Gasteiger partial charge in [0.05, 0.1) is 18.8 Å². The van der Waals surface area contributed by atoms with Crippen molar-refractivity contribution in [1.82, 2.24) is 0 Å². The van der Waals surface area contributed by atoms with E-state index in [2.05, 4.69) is 52.4 Å². The van der Waals surface area contributed by atoms with Gasteiger partial charge in [-0.25, -0.2) is 4.79 Å². The van der Waals surface area contributed by atoms with Crippen LogP contribution in [0.3, 0.4) is 0 Å². The van der Waals surface area contributed by atoms with E-state index in [1.54, 1.807) is 7.11 Å². The van der Waals surface area contributed by atoms with Gasteiger partial charge in [0.15, 0.2) is 16.6 Å². The summed E-state index contributed by atoms with van der Waals surface area (Å²) in [5.41, 5.74) is 0.317. The van der Waals surface area contributed by atoms with E-state index in [-0.39, 0.29) is 13.2 Å². The summed E-state index contributed by atoms with van der Waals surface area (Å²) in [6.07, 6.45) is 0.837. The number of hydrogen-bond acceptors (Lipinski definition) is 6. The average Bonchev–Trinajstić information content (AvgIpc) is 2.42. The molecule has 0 rings (SSSR count). The topological polar surface area (TPSA) is 63.2 Å². The summed E-state index contributed by atoms with van der Waals surface area (Å²) in [5, 5.41) is 0. The van der Waals surface area contributed by atoms with Gasteiger partial charge in [-0.1, -0.05) is 6.58 Å². The summed E-state index contributed by atoms with van der Waals surface area (Å²) >= 11 is 0. The van der Waals surface area contributed by atoms with Crippen LogP contribution in [0.4, 0.5) is 0 Å². The molecule has 9 heteroatoms. The van der Waals surface area contributed by atoms with E-state index in [1.807, 2.05) is 0 Å². The molecular formula is C17H38O6Si3. The van der Waals surface area contributed by atoms with Crippen LogP contribution in [0.15, 0.2) is 12.2 Å². The third-order valence-corrected chi connectivity index (χ3v) is 12.7. The van der Waals surface area contributed by atoms with Crippen molar-refractivity contribution in [2.24, 2.45) is 0 Å². The van der Waals surface area contributed by atoms with Gasteiger partial charge in [0.25, 0.3) is 0 Å². The van der Waals surface area contributed by atoms with E-state index in [0.717, 1.165) is 12.5 Å². The van der Waals surface area contributed by atoms with Crippen LogP contribution in [-0.4, -0.2) is 64.7 Å². The lowest BCUT2D eigenvalue weighted by molar-refractivity contribution is -0.140. The molecule has 0 aliphatic carbocycles. The van der Waals surface area contributed by atoms with Crippen LogP contribution in [0.1, 0.15) is 6.42 Å². The van der Waals surface area contributed by atoms with E-state index >= 15 is 0 Å². The molecule has 154 valence electrons. The van der Waals surface area contributed by atoms with E-state index < -0.39 is 31.2 Å². The van der Waals surface area contributed by atoms with Crippen LogP contribution in [0.25, 0.3) is 0 Å². The van der Waals surface area contributed by atoms with Crippen LogP contribution in [0, 0.1) is 0 Å². The Morgan fingerprint density at radius 3 is 1.88 bits per heavy atom. The number of hydrogen-bond donors (Lipinski definition) is 0. The van der Waals surface area contributed by atoms with Crippen LogP contribution in [0.2, 0.25) is 51.9 Å². The Labute approximate surface area is 162 Å². The number of carbonyl (C=O) groups is 1. The predicted molar refractivity (Wildman–Crippen MR) is 113 cm³/mol. The zero-order valence-electron chi connectivity index (χ0n) is 17.9. The maximum absolute atomic E-state index is 11.7. The summed E-state index contributed by atoms with van der Waals surface area (Å²) in [7, 11) is -4.02. The fraction of sp³-hybridized carbons (Fsp3) is 0.824. The first-order valence-corrected chi connectivity index (χ1v) is 18.4. The molecule has 0 unspecified atom stereocenters. The van der Waals surface area contributed by atoms with Crippen LogP contribution in [0.5, 0.6) is 0 Å². The molecule has 0 radical (unpaired) electrons. The minimum atomic E-state index is -2.23. The summed E-state index contributed by atoms with van der Waals surface area (Å²) in [4.78, 5) is 11.7. The highest BCUT2D eigenvalue weighted by Gasteiger charge is 2.39. The monoisotopic (exact) mass is 422 g/mol. The Hall–Kier alpha value is -0.299. The average molecular weight is 423 g/mol. The molecular weight excluding hydrogens is 384 g/mol. The summed E-state index contributed by atoms with van der Waals surface area (Å²) in [6.45, 7) is 20.4. The van der Waals surface area contributed by atoms with Gasteiger partial charge in [-0.15, -0.1) is 0 Å². The van der Waals surface area contributed by atoms with Crippen molar-refractivity contribution in [3.05, 3.63) is 12.2 Å². The van der Waals surface area contributed by atoms with E-state index in [0.29, 0.717) is 18.8 Å². The van der Waals surface area contributed by atoms with Gasteiger partial charge in [0, 0.05) is 13.7 Å². The third kappa shape index (κ3) is 13.8. The molecule has 0 N–H and O–H groups in total. The van der Waals surface area contributed by atoms with Crippen molar-refractivity contribution in [2.45, 2.75) is 58.3 Å². The number of esters is 1. The normalized spacial score (nSPS) is 12.9. The maximum atomic E-state index is 11.7. The first-order valence-electron chi connectivity index (χ1n) is 9.10. The Morgan fingerprint density at radius 2 is 1.42 bits per heavy atom. The van der Waals surface area contributed by atoms with Crippen LogP contribution < -0.4 is 0 Å². The lowest BCUT2D eigenvalue weighted by Crippen LogP contribution is -2.52. The number of carbonyl (C=O) groups excluding carboxylic acids is 1. The van der Waals surface area contributed by atoms with Gasteiger partial charge in [-0.3, -0.25) is 0 Å². The van der Waals surface area contributed by atoms with Crippen molar-refractivity contribution >= 4 is 31.2 Å². The number of ether oxygens (including phenoxy) is 3. The zero-order chi connectivity index (χ0) is 20.4. The van der Waals surface area contributed by atoms with Crippen molar-refractivity contribution in [3.63, 3.8) is 0 Å². The molecule has 6 nitrogen and oxygen atoms in total. The molecule has 0 aromatic heterocycles. The second kappa shape index (κ2) is 11.5. The van der Waals surface area contributed by atoms with E-state index in [1.165, 1.54) is 0 Å². The molecule has 0 aliphatic heterocycles. The quantitative estimate of drug-likeness (QED) is 0.183. The molecule has 0 aliphatic rings. The zero-order valence-corrected chi connectivity index (χ0v) is 20.9. The lowest BCUT2D eigenvalue weighted by Gasteiger charge is -2.38. The predicted octanol–water partition coefficient (Wildman–Crippen LogP) is 3.91. The van der Waals surface area contributed by atoms with Crippen molar-refractivity contribution < 1.29 is 27.2 Å². The van der Waals surface area contributed by atoms with Crippen molar-refractivity contribution in [1.29, 1.82) is 0 Å². The second-order valence-electron chi connectivity index (χ2n) is 8.45. The molecule has 0 bridgehead atoms. The second-order valence-corrected chi connectivity index (χ2v) is 21.3. The Bertz CT molecular complexity index is 427. The summed E-state index contributed by atoms with van der Waals surface area (Å²) in [5.74, 6) is -0.439. The Balaban J connectivity index is 4.30. The Kier molecular flexibility index (Phi) is 11.4. The minimum absolute atomic E-state index is 0.174. The van der Waals surface area contributed by atoms with Gasteiger partial charge < -0.3 is 22.4 Å². The molecule has 0 spiro atoms. The largest absolute Gasteiger partial charge is 0.460 e. The third-order valence-electron chi connectivity index (χ3n) is 3.05. The van der Waals surface area contributed by atoms with Gasteiger partial charge in [-0.05, 0) is 58.3 Å². The van der Waals surface area contributed by atoms with Crippen LogP contribution >= 0.6 is 0 Å². The first-order chi connectivity index (χ1) is 11.8. The van der Waals surface area contributed by atoms with Crippen LogP contribution in [-0.2, 0) is 27.2 Å². The highest BCUT2D eigenvalue weighted by atomic mass is 28.5. The smallest absolute Gasteiger partial charge is 0.335 e. The van der Waals surface area contributed by atoms with Gasteiger partial charge in [0.2, 0.25) is 0 Å². The maximum Gasteiger partial charge on any atom is 0.335 e. The SMILES string of the molecule is C=C(COCCC[Si](C)(O[Si](C)(C)C)O[Si](C)(C)C)C(=O)OCCOC. The van der Waals surface area contributed by atoms with Crippen molar-refractivity contribution in [3.8, 4) is 0 Å². The van der Waals surface area contributed by atoms with Gasteiger partial charge in [-0.2, -0.15) is 0 Å². The minimum Gasteiger partial charge on any atom is -0.460 e. The number of methoxy groups -OCH3 is 1. The molecule has 0 atom stereocenters. The lowest BCUT2D eigenvalue weighted by atomic mass is 10.3. The summed E-state index contributed by atoms with van der Waals surface area (Å²) < 4.78 is 28.3. The highest BCUT2D eigenvalue weighted by Crippen LogP contribution is 2.25. The standard InChI is InChI=1S/C17H38O6Si3/c1-16(17(18)21-13-12-19-2)15-20-11-10-14-26(9,22-24(3,4)5)23-25(6,7)8/h1,10-15H2,2-9H3. The fourth-order valence-corrected chi connectivity index (χ4v) is 15.0. The molecule has 0 saturated heterocycles. The number of rotatable bonds is 14. The highest BCUT2D eigenvalue weighted by molar-refractivity contribution is 6.87. The molecule has 0 aromatic rings. The molecule has 0 aromatic carbocycles. The molecule has 0 fully saturated rings.